The number of rotatable bonds is 6. The fourth-order valence-electron chi connectivity index (χ4n) is 2.11. The van der Waals surface area contributed by atoms with E-state index >= 15 is 0 Å². The summed E-state index contributed by atoms with van der Waals surface area (Å²) >= 11 is 7.17. The molecule has 2 unspecified atom stereocenters. The molecule has 7 heteroatoms. The van der Waals surface area contributed by atoms with E-state index in [0.29, 0.717) is 9.90 Å². The van der Waals surface area contributed by atoms with Crippen molar-refractivity contribution in [2.75, 3.05) is 0 Å². The smallest absolute Gasteiger partial charge is 0.305 e. The van der Waals surface area contributed by atoms with Crippen molar-refractivity contribution in [2.45, 2.75) is 25.3 Å². The third kappa shape index (κ3) is 4.77. The van der Waals surface area contributed by atoms with Crippen molar-refractivity contribution in [3.63, 3.8) is 0 Å². The van der Waals surface area contributed by atoms with Gasteiger partial charge in [-0.15, -0.1) is 11.3 Å². The summed E-state index contributed by atoms with van der Waals surface area (Å²) in [6.07, 6.45) is -0.282. The first-order chi connectivity index (χ1) is 10.9. The molecular formula is C16H15ClFNO3S. The Balaban J connectivity index is 2.15. The second-order valence-electron chi connectivity index (χ2n) is 5.07. The van der Waals surface area contributed by atoms with Crippen LogP contribution in [-0.4, -0.2) is 17.0 Å². The molecule has 0 aliphatic heterocycles. The van der Waals surface area contributed by atoms with Crippen LogP contribution in [0.15, 0.2) is 36.4 Å². The molecule has 2 rings (SSSR count). The van der Waals surface area contributed by atoms with E-state index in [2.05, 4.69) is 5.32 Å². The van der Waals surface area contributed by atoms with Crippen LogP contribution in [0.2, 0.25) is 4.34 Å². The molecule has 0 bridgehead atoms. The van der Waals surface area contributed by atoms with Gasteiger partial charge in [0.2, 0.25) is 5.91 Å². The molecule has 1 amide bonds. The Kier molecular flexibility index (Phi) is 5.74. The molecule has 0 saturated carbocycles. The SMILES string of the molecule is CC(C(=O)NC(CC(=O)O)c1ccc(F)cc1)c1ccc(Cl)s1. The Bertz CT molecular complexity index is 702. The Morgan fingerprint density at radius 3 is 2.43 bits per heavy atom. The van der Waals surface area contributed by atoms with E-state index in [0.717, 1.165) is 4.88 Å². The van der Waals surface area contributed by atoms with Gasteiger partial charge in [0, 0.05) is 4.88 Å². The van der Waals surface area contributed by atoms with Gasteiger partial charge >= 0.3 is 5.97 Å². The zero-order chi connectivity index (χ0) is 17.0. The first kappa shape index (κ1) is 17.4. The second kappa shape index (κ2) is 7.57. The van der Waals surface area contributed by atoms with Gasteiger partial charge in [0.05, 0.1) is 22.7 Å². The summed E-state index contributed by atoms with van der Waals surface area (Å²) < 4.78 is 13.6. The zero-order valence-corrected chi connectivity index (χ0v) is 13.8. The first-order valence-corrected chi connectivity index (χ1v) is 8.09. The van der Waals surface area contributed by atoms with Crippen LogP contribution in [0.5, 0.6) is 0 Å². The monoisotopic (exact) mass is 355 g/mol. The molecule has 0 aliphatic rings. The molecule has 2 aromatic rings. The highest BCUT2D eigenvalue weighted by Crippen LogP contribution is 2.29. The maximum atomic E-state index is 13.0. The Hall–Kier alpha value is -1.92. The summed E-state index contributed by atoms with van der Waals surface area (Å²) in [5.74, 6) is -2.23. The van der Waals surface area contributed by atoms with Crippen molar-refractivity contribution in [1.82, 2.24) is 5.32 Å². The summed E-state index contributed by atoms with van der Waals surface area (Å²) in [5.41, 5.74) is 0.540. The number of aliphatic carboxylic acids is 1. The van der Waals surface area contributed by atoms with Gasteiger partial charge < -0.3 is 10.4 Å². The van der Waals surface area contributed by atoms with Gasteiger partial charge in [-0.2, -0.15) is 0 Å². The van der Waals surface area contributed by atoms with Crippen molar-refractivity contribution in [3.8, 4) is 0 Å². The number of benzene rings is 1. The van der Waals surface area contributed by atoms with Crippen molar-refractivity contribution in [3.05, 3.63) is 57.0 Å². The van der Waals surface area contributed by atoms with E-state index in [1.807, 2.05) is 0 Å². The molecular weight excluding hydrogens is 341 g/mol. The number of carboxylic acid groups (broad SMARTS) is 1. The van der Waals surface area contributed by atoms with Gasteiger partial charge in [0.25, 0.3) is 0 Å². The number of carboxylic acids is 1. The molecule has 1 aromatic carbocycles. The minimum absolute atomic E-state index is 0.282. The van der Waals surface area contributed by atoms with Crippen molar-refractivity contribution in [1.29, 1.82) is 0 Å². The van der Waals surface area contributed by atoms with E-state index < -0.39 is 23.7 Å². The average Bonchev–Trinajstić information content (AvgIpc) is 2.92. The molecule has 0 radical (unpaired) electrons. The number of carbonyl (C=O) groups is 2. The first-order valence-electron chi connectivity index (χ1n) is 6.89. The van der Waals surface area contributed by atoms with Crippen LogP contribution >= 0.6 is 22.9 Å². The van der Waals surface area contributed by atoms with Crippen LogP contribution in [0, 0.1) is 5.82 Å². The Labute approximate surface area is 141 Å². The predicted molar refractivity (Wildman–Crippen MR) is 87.3 cm³/mol. The topological polar surface area (TPSA) is 66.4 Å². The lowest BCUT2D eigenvalue weighted by Crippen LogP contribution is -2.33. The van der Waals surface area contributed by atoms with Crippen molar-refractivity contribution < 1.29 is 19.1 Å². The third-order valence-electron chi connectivity index (χ3n) is 3.38. The number of thiophene rings is 1. The quantitative estimate of drug-likeness (QED) is 0.823. The summed E-state index contributed by atoms with van der Waals surface area (Å²) in [5, 5.41) is 11.7. The molecule has 0 fully saturated rings. The van der Waals surface area contributed by atoms with Crippen LogP contribution in [0.25, 0.3) is 0 Å². The summed E-state index contributed by atoms with van der Waals surface area (Å²) in [4.78, 5) is 24.2. The summed E-state index contributed by atoms with van der Waals surface area (Å²) in [6, 6.07) is 8.16. The second-order valence-corrected chi connectivity index (χ2v) is 6.82. The lowest BCUT2D eigenvalue weighted by atomic mass is 10.0. The van der Waals surface area contributed by atoms with Crippen LogP contribution in [0.4, 0.5) is 4.39 Å². The summed E-state index contributed by atoms with van der Waals surface area (Å²) in [7, 11) is 0. The normalized spacial score (nSPS) is 13.3. The van der Waals surface area contributed by atoms with Gasteiger partial charge in [-0.1, -0.05) is 23.7 Å². The lowest BCUT2D eigenvalue weighted by molar-refractivity contribution is -0.137. The fourth-order valence-corrected chi connectivity index (χ4v) is 3.22. The van der Waals surface area contributed by atoms with Gasteiger partial charge in [-0.05, 0) is 36.8 Å². The molecule has 0 spiro atoms. The minimum Gasteiger partial charge on any atom is -0.481 e. The van der Waals surface area contributed by atoms with Crippen molar-refractivity contribution in [2.24, 2.45) is 0 Å². The number of hydrogen-bond acceptors (Lipinski definition) is 3. The number of halogens is 2. The van der Waals surface area contributed by atoms with Crippen LogP contribution in [0.1, 0.15) is 35.7 Å². The van der Waals surface area contributed by atoms with Crippen LogP contribution < -0.4 is 5.32 Å². The van der Waals surface area contributed by atoms with E-state index in [1.165, 1.54) is 35.6 Å². The van der Waals surface area contributed by atoms with E-state index in [4.69, 9.17) is 16.7 Å². The average molecular weight is 356 g/mol. The van der Waals surface area contributed by atoms with Crippen LogP contribution in [-0.2, 0) is 9.59 Å². The molecule has 1 aromatic heterocycles. The number of hydrogen-bond donors (Lipinski definition) is 2. The van der Waals surface area contributed by atoms with E-state index in [-0.39, 0.29) is 12.3 Å². The number of carbonyl (C=O) groups excluding carboxylic acids is 1. The molecule has 4 nitrogen and oxygen atoms in total. The molecule has 2 atom stereocenters. The molecule has 0 saturated heterocycles. The molecule has 2 N–H and O–H groups in total. The van der Waals surface area contributed by atoms with Gasteiger partial charge in [-0.25, -0.2) is 4.39 Å². The predicted octanol–water partition coefficient (Wildman–Crippen LogP) is 3.98. The molecule has 0 aliphatic carbocycles. The van der Waals surface area contributed by atoms with Gasteiger partial charge in [0.15, 0.2) is 0 Å². The third-order valence-corrected chi connectivity index (χ3v) is 4.80. The largest absolute Gasteiger partial charge is 0.481 e. The zero-order valence-electron chi connectivity index (χ0n) is 12.3. The van der Waals surface area contributed by atoms with Crippen molar-refractivity contribution >= 4 is 34.8 Å². The minimum atomic E-state index is -1.05. The van der Waals surface area contributed by atoms with E-state index in [9.17, 15) is 14.0 Å². The number of amides is 1. The standard InChI is InChI=1S/C16H15ClFNO3S/c1-9(13-6-7-14(17)23-13)16(22)19-12(8-15(20)21)10-2-4-11(18)5-3-10/h2-7,9,12H,8H2,1H3,(H,19,22)(H,20,21). The highest BCUT2D eigenvalue weighted by Gasteiger charge is 2.23. The Morgan fingerprint density at radius 2 is 1.91 bits per heavy atom. The number of nitrogens with one attached hydrogen (secondary N) is 1. The Morgan fingerprint density at radius 1 is 1.26 bits per heavy atom. The highest BCUT2D eigenvalue weighted by atomic mass is 35.5. The highest BCUT2D eigenvalue weighted by molar-refractivity contribution is 7.16. The summed E-state index contributed by atoms with van der Waals surface area (Å²) in [6.45, 7) is 1.72. The van der Waals surface area contributed by atoms with Gasteiger partial charge in [-0.3, -0.25) is 9.59 Å². The maximum absolute atomic E-state index is 13.0. The maximum Gasteiger partial charge on any atom is 0.305 e. The van der Waals surface area contributed by atoms with Crippen LogP contribution in [0.3, 0.4) is 0 Å². The molecule has 122 valence electrons. The van der Waals surface area contributed by atoms with Gasteiger partial charge in [0.1, 0.15) is 5.82 Å². The fraction of sp³-hybridized carbons (Fsp3) is 0.250. The lowest BCUT2D eigenvalue weighted by Gasteiger charge is -2.20. The molecule has 1 heterocycles. The molecule has 23 heavy (non-hydrogen) atoms. The van der Waals surface area contributed by atoms with E-state index in [1.54, 1.807) is 19.1 Å².